The van der Waals surface area contributed by atoms with Crippen LogP contribution < -0.4 is 9.62 Å². The summed E-state index contributed by atoms with van der Waals surface area (Å²) in [6.45, 7) is 0.940. The number of carbonyl (C=O) groups excluding carboxylic acids is 1. The average molecular weight is 394 g/mol. The molecule has 1 atom stereocenters. The molecule has 1 unspecified atom stereocenters. The lowest BCUT2D eigenvalue weighted by Crippen LogP contribution is -2.34. The minimum Gasteiger partial charge on any atom is -0.350 e. The fourth-order valence-electron chi connectivity index (χ4n) is 3.21. The lowest BCUT2D eigenvalue weighted by Gasteiger charge is -2.24. The molecule has 0 fully saturated rings. The molecule has 26 heavy (non-hydrogen) atoms. The zero-order chi connectivity index (χ0) is 18.9. The van der Waals surface area contributed by atoms with Gasteiger partial charge in [-0.3, -0.25) is 9.10 Å². The van der Waals surface area contributed by atoms with Crippen LogP contribution in [0.3, 0.4) is 0 Å². The first-order chi connectivity index (χ1) is 12.3. The van der Waals surface area contributed by atoms with Gasteiger partial charge in [0.1, 0.15) is 0 Å². The molecule has 1 amide bonds. The molecule has 0 saturated carbocycles. The topological polar surface area (TPSA) is 69.7 Å². The molecule has 1 aliphatic heterocycles. The van der Waals surface area contributed by atoms with Crippen molar-refractivity contribution in [1.29, 1.82) is 0 Å². The van der Waals surface area contributed by atoms with Gasteiger partial charge in [0.15, 0.2) is 0 Å². The standard InChI is InChI=1S/C18H23N3O3S2/c1-20(2)17(15-7-9-25-12-15)11-19-18(22)14-4-5-16-13(10-14)6-8-21(16)26(3,23)24/h4-5,7,9-10,12,17H,6,8,11H2,1-3H3,(H,19,22). The highest BCUT2D eigenvalue weighted by Gasteiger charge is 2.27. The predicted octanol–water partition coefficient (Wildman–Crippen LogP) is 2.10. The van der Waals surface area contributed by atoms with E-state index in [0.717, 1.165) is 5.56 Å². The monoisotopic (exact) mass is 393 g/mol. The van der Waals surface area contributed by atoms with E-state index in [0.29, 0.717) is 30.8 Å². The summed E-state index contributed by atoms with van der Waals surface area (Å²) in [6.07, 6.45) is 1.83. The Morgan fingerprint density at radius 3 is 2.73 bits per heavy atom. The predicted molar refractivity (Wildman–Crippen MR) is 105 cm³/mol. The molecule has 0 spiro atoms. The number of fused-ring (bicyclic) bond motifs is 1. The molecule has 0 bridgehead atoms. The summed E-state index contributed by atoms with van der Waals surface area (Å²) in [4.78, 5) is 14.6. The van der Waals surface area contributed by atoms with Gasteiger partial charge in [0.05, 0.1) is 18.0 Å². The number of hydrogen-bond donors (Lipinski definition) is 1. The van der Waals surface area contributed by atoms with E-state index in [2.05, 4.69) is 21.7 Å². The van der Waals surface area contributed by atoms with Crippen LogP contribution in [0.15, 0.2) is 35.0 Å². The zero-order valence-corrected chi connectivity index (χ0v) is 16.7. The highest BCUT2D eigenvalue weighted by molar-refractivity contribution is 7.92. The number of carbonyl (C=O) groups is 1. The van der Waals surface area contributed by atoms with E-state index in [-0.39, 0.29) is 11.9 Å². The van der Waals surface area contributed by atoms with Crippen LogP contribution in [-0.4, -0.2) is 52.7 Å². The minimum atomic E-state index is -3.28. The van der Waals surface area contributed by atoms with Gasteiger partial charge in [-0.05, 0) is 66.7 Å². The summed E-state index contributed by atoms with van der Waals surface area (Å²) >= 11 is 1.64. The summed E-state index contributed by atoms with van der Waals surface area (Å²) < 4.78 is 25.0. The third-order valence-corrected chi connectivity index (χ3v) is 6.48. The highest BCUT2D eigenvalue weighted by atomic mass is 32.2. The SMILES string of the molecule is CN(C)C(CNC(=O)c1ccc2c(c1)CCN2S(C)(=O)=O)c1ccsc1. The van der Waals surface area contributed by atoms with Crippen LogP contribution in [0.5, 0.6) is 0 Å². The number of benzene rings is 1. The van der Waals surface area contributed by atoms with Gasteiger partial charge >= 0.3 is 0 Å². The molecule has 0 saturated heterocycles. The number of thiophene rings is 1. The maximum absolute atomic E-state index is 12.6. The second kappa shape index (κ2) is 7.38. The molecule has 2 heterocycles. The molecule has 8 heteroatoms. The van der Waals surface area contributed by atoms with Crippen molar-refractivity contribution < 1.29 is 13.2 Å². The highest BCUT2D eigenvalue weighted by Crippen LogP contribution is 2.30. The van der Waals surface area contributed by atoms with Gasteiger partial charge in [-0.25, -0.2) is 8.42 Å². The zero-order valence-electron chi connectivity index (χ0n) is 15.1. The van der Waals surface area contributed by atoms with Crippen LogP contribution in [0.1, 0.15) is 27.5 Å². The van der Waals surface area contributed by atoms with Crippen LogP contribution in [0.2, 0.25) is 0 Å². The van der Waals surface area contributed by atoms with E-state index >= 15 is 0 Å². The summed E-state index contributed by atoms with van der Waals surface area (Å²) in [5.41, 5.74) is 3.30. The summed E-state index contributed by atoms with van der Waals surface area (Å²) in [6, 6.07) is 7.38. The van der Waals surface area contributed by atoms with Gasteiger partial charge in [-0.1, -0.05) is 0 Å². The van der Waals surface area contributed by atoms with Crippen molar-refractivity contribution in [3.63, 3.8) is 0 Å². The maximum atomic E-state index is 12.6. The molecule has 6 nitrogen and oxygen atoms in total. The van der Waals surface area contributed by atoms with Gasteiger partial charge in [0, 0.05) is 18.7 Å². The Hall–Kier alpha value is -1.90. The van der Waals surface area contributed by atoms with Crippen molar-refractivity contribution in [3.8, 4) is 0 Å². The van der Waals surface area contributed by atoms with Crippen molar-refractivity contribution in [3.05, 3.63) is 51.7 Å². The van der Waals surface area contributed by atoms with Gasteiger partial charge < -0.3 is 10.2 Å². The van der Waals surface area contributed by atoms with Crippen molar-refractivity contribution in [2.45, 2.75) is 12.5 Å². The van der Waals surface area contributed by atoms with E-state index in [1.807, 2.05) is 19.5 Å². The Labute approximate surface area is 158 Å². The molecule has 1 aromatic heterocycles. The average Bonchev–Trinajstić information content (AvgIpc) is 3.22. The van der Waals surface area contributed by atoms with E-state index in [9.17, 15) is 13.2 Å². The molecule has 1 aromatic carbocycles. The van der Waals surface area contributed by atoms with Gasteiger partial charge in [-0.15, -0.1) is 0 Å². The Bertz CT molecular complexity index is 892. The van der Waals surface area contributed by atoms with Crippen LogP contribution in [0.25, 0.3) is 0 Å². The summed E-state index contributed by atoms with van der Waals surface area (Å²) in [5.74, 6) is -0.146. The summed E-state index contributed by atoms with van der Waals surface area (Å²) in [5, 5.41) is 7.11. The van der Waals surface area contributed by atoms with Crippen LogP contribution in [0.4, 0.5) is 5.69 Å². The van der Waals surface area contributed by atoms with Crippen molar-refractivity contribution >= 4 is 33.0 Å². The molecular weight excluding hydrogens is 370 g/mol. The van der Waals surface area contributed by atoms with E-state index in [1.54, 1.807) is 29.5 Å². The molecule has 1 N–H and O–H groups in total. The molecular formula is C18H23N3O3S2. The number of amides is 1. The second-order valence-corrected chi connectivity index (χ2v) is 9.36. The molecule has 2 aromatic rings. The first-order valence-electron chi connectivity index (χ1n) is 8.34. The Balaban J connectivity index is 1.71. The third-order valence-electron chi connectivity index (χ3n) is 4.60. The number of anilines is 1. The number of nitrogens with one attached hydrogen (secondary N) is 1. The number of sulfonamides is 1. The van der Waals surface area contributed by atoms with E-state index < -0.39 is 10.0 Å². The number of rotatable bonds is 6. The quantitative estimate of drug-likeness (QED) is 0.816. The fourth-order valence-corrected chi connectivity index (χ4v) is 4.88. The number of nitrogens with zero attached hydrogens (tertiary/aromatic N) is 2. The van der Waals surface area contributed by atoms with E-state index in [1.165, 1.54) is 16.1 Å². The van der Waals surface area contributed by atoms with Crippen molar-refractivity contribution in [1.82, 2.24) is 10.2 Å². The molecule has 0 aliphatic carbocycles. The van der Waals surface area contributed by atoms with Crippen LogP contribution in [-0.2, 0) is 16.4 Å². The third kappa shape index (κ3) is 3.92. The first kappa shape index (κ1) is 18.9. The largest absolute Gasteiger partial charge is 0.350 e. The van der Waals surface area contributed by atoms with Gasteiger partial charge in [0.2, 0.25) is 10.0 Å². The van der Waals surface area contributed by atoms with Gasteiger partial charge in [0.25, 0.3) is 5.91 Å². The van der Waals surface area contributed by atoms with Gasteiger partial charge in [-0.2, -0.15) is 11.3 Å². The number of hydrogen-bond acceptors (Lipinski definition) is 5. The molecule has 3 rings (SSSR count). The van der Waals surface area contributed by atoms with Crippen molar-refractivity contribution in [2.24, 2.45) is 0 Å². The fraction of sp³-hybridized carbons (Fsp3) is 0.389. The lowest BCUT2D eigenvalue weighted by molar-refractivity contribution is 0.0942. The maximum Gasteiger partial charge on any atom is 0.251 e. The number of likely N-dealkylation sites (N-methyl/N-ethyl adjacent to an activating group) is 1. The summed E-state index contributed by atoms with van der Waals surface area (Å²) in [7, 11) is 0.703. The Morgan fingerprint density at radius 2 is 2.12 bits per heavy atom. The lowest BCUT2D eigenvalue weighted by atomic mass is 10.1. The molecule has 0 radical (unpaired) electrons. The van der Waals surface area contributed by atoms with Crippen LogP contribution >= 0.6 is 11.3 Å². The van der Waals surface area contributed by atoms with Crippen LogP contribution in [0, 0.1) is 0 Å². The Morgan fingerprint density at radius 1 is 1.35 bits per heavy atom. The second-order valence-electron chi connectivity index (χ2n) is 6.67. The molecule has 140 valence electrons. The smallest absolute Gasteiger partial charge is 0.251 e. The Kier molecular flexibility index (Phi) is 5.36. The molecule has 1 aliphatic rings. The van der Waals surface area contributed by atoms with E-state index in [4.69, 9.17) is 0 Å². The first-order valence-corrected chi connectivity index (χ1v) is 11.1. The normalized spacial score (nSPS) is 15.2. The van der Waals surface area contributed by atoms with Crippen molar-refractivity contribution in [2.75, 3.05) is 37.7 Å². The minimum absolute atomic E-state index is 0.111.